The molecule has 1 aliphatic heterocycles. The summed E-state index contributed by atoms with van der Waals surface area (Å²) >= 11 is 0. The fraction of sp³-hybridized carbons (Fsp3) is 0.923. The van der Waals surface area contributed by atoms with Crippen molar-refractivity contribution in [2.45, 2.75) is 32.7 Å². The zero-order chi connectivity index (χ0) is 13.6. The van der Waals surface area contributed by atoms with E-state index in [1.807, 2.05) is 6.92 Å². The molecule has 0 amide bonds. The van der Waals surface area contributed by atoms with Crippen LogP contribution in [0.25, 0.3) is 0 Å². The quantitative estimate of drug-likeness (QED) is 0.708. The summed E-state index contributed by atoms with van der Waals surface area (Å²) in [6, 6.07) is 0. The van der Waals surface area contributed by atoms with Crippen molar-refractivity contribution in [3.05, 3.63) is 0 Å². The highest BCUT2D eigenvalue weighted by atomic mass is 16.5. The summed E-state index contributed by atoms with van der Waals surface area (Å²) < 4.78 is 10.5. The van der Waals surface area contributed by atoms with Gasteiger partial charge in [0, 0.05) is 25.2 Å². The number of hydrogen-bond acceptors (Lipinski definition) is 5. The van der Waals surface area contributed by atoms with Crippen molar-refractivity contribution in [2.75, 3.05) is 39.5 Å². The number of hydrogen-bond donors (Lipinski definition) is 1. The van der Waals surface area contributed by atoms with E-state index in [4.69, 9.17) is 15.2 Å². The summed E-state index contributed by atoms with van der Waals surface area (Å²) in [4.78, 5) is 14.4. The van der Waals surface area contributed by atoms with Crippen LogP contribution < -0.4 is 5.73 Å². The van der Waals surface area contributed by atoms with Crippen molar-refractivity contribution in [3.8, 4) is 0 Å². The van der Waals surface area contributed by atoms with Gasteiger partial charge in [-0.3, -0.25) is 9.69 Å². The number of esters is 1. The van der Waals surface area contributed by atoms with Crippen LogP contribution in [0.5, 0.6) is 0 Å². The lowest BCUT2D eigenvalue weighted by atomic mass is 9.81. The molecule has 1 rings (SSSR count). The summed E-state index contributed by atoms with van der Waals surface area (Å²) in [5.74, 6) is -0.462. The number of ether oxygens (including phenoxy) is 2. The fourth-order valence-electron chi connectivity index (χ4n) is 2.61. The van der Waals surface area contributed by atoms with Crippen LogP contribution in [-0.4, -0.2) is 55.9 Å². The molecule has 0 spiro atoms. The lowest BCUT2D eigenvalue weighted by Gasteiger charge is -2.46. The molecule has 2 atom stereocenters. The van der Waals surface area contributed by atoms with Gasteiger partial charge in [-0.15, -0.1) is 0 Å². The third kappa shape index (κ3) is 3.22. The van der Waals surface area contributed by atoms with Crippen molar-refractivity contribution >= 4 is 5.97 Å². The molecule has 106 valence electrons. The number of nitrogens with zero attached hydrogens (tertiary/aromatic N) is 1. The first-order chi connectivity index (χ1) is 8.60. The van der Waals surface area contributed by atoms with Gasteiger partial charge in [-0.25, -0.2) is 0 Å². The first kappa shape index (κ1) is 15.4. The summed E-state index contributed by atoms with van der Waals surface area (Å²) in [6.45, 7) is 9.87. The molecule has 5 heteroatoms. The number of morpholine rings is 1. The molecule has 2 unspecified atom stereocenters. The molecule has 2 N–H and O–H groups in total. The van der Waals surface area contributed by atoms with Gasteiger partial charge in [0.1, 0.15) is 0 Å². The largest absolute Gasteiger partial charge is 0.466 e. The first-order valence-electron chi connectivity index (χ1n) is 6.79. The van der Waals surface area contributed by atoms with Gasteiger partial charge in [0.05, 0.1) is 25.7 Å². The van der Waals surface area contributed by atoms with Gasteiger partial charge < -0.3 is 15.2 Å². The minimum atomic E-state index is -0.277. The van der Waals surface area contributed by atoms with E-state index in [-0.39, 0.29) is 17.4 Å². The van der Waals surface area contributed by atoms with Gasteiger partial charge in [-0.2, -0.15) is 0 Å². The number of carbonyl (C=O) groups excluding carboxylic acids is 1. The lowest BCUT2D eigenvalue weighted by Crippen LogP contribution is -2.59. The van der Waals surface area contributed by atoms with Crippen LogP contribution in [0.3, 0.4) is 0 Å². The second kappa shape index (κ2) is 7.07. The molecule has 0 aromatic carbocycles. The molecule has 1 fully saturated rings. The Kier molecular flexibility index (Phi) is 6.05. The van der Waals surface area contributed by atoms with Crippen LogP contribution >= 0.6 is 0 Å². The predicted molar refractivity (Wildman–Crippen MR) is 70.3 cm³/mol. The molecule has 1 aliphatic rings. The van der Waals surface area contributed by atoms with Crippen LogP contribution in [0.15, 0.2) is 0 Å². The topological polar surface area (TPSA) is 64.8 Å². The monoisotopic (exact) mass is 258 g/mol. The maximum atomic E-state index is 12.1. The molecule has 1 saturated heterocycles. The Morgan fingerprint density at radius 3 is 2.50 bits per heavy atom. The van der Waals surface area contributed by atoms with Crippen LogP contribution in [0.2, 0.25) is 0 Å². The van der Waals surface area contributed by atoms with E-state index in [2.05, 4.69) is 18.7 Å². The van der Waals surface area contributed by atoms with E-state index in [9.17, 15) is 4.79 Å². The average molecular weight is 258 g/mol. The van der Waals surface area contributed by atoms with Crippen LogP contribution in [-0.2, 0) is 14.3 Å². The maximum absolute atomic E-state index is 12.1. The summed E-state index contributed by atoms with van der Waals surface area (Å²) in [5, 5.41) is 0. The average Bonchev–Trinajstić information content (AvgIpc) is 2.40. The molecule has 18 heavy (non-hydrogen) atoms. The highest BCUT2D eigenvalue weighted by Crippen LogP contribution is 2.30. The molecule has 0 bridgehead atoms. The third-order valence-electron chi connectivity index (χ3n) is 4.01. The lowest BCUT2D eigenvalue weighted by molar-refractivity contribution is -0.155. The minimum absolute atomic E-state index is 0.184. The molecule has 1 heterocycles. The highest BCUT2D eigenvalue weighted by molar-refractivity contribution is 5.74. The molecule has 0 aliphatic carbocycles. The van der Waals surface area contributed by atoms with Gasteiger partial charge in [-0.1, -0.05) is 6.92 Å². The van der Waals surface area contributed by atoms with E-state index in [1.54, 1.807) is 0 Å². The SMILES string of the molecule is CCOC(=O)C(CN)C(C)(CC)N1CCOCC1. The van der Waals surface area contributed by atoms with Crippen molar-refractivity contribution < 1.29 is 14.3 Å². The van der Waals surface area contributed by atoms with Crippen molar-refractivity contribution in [1.29, 1.82) is 0 Å². The fourth-order valence-corrected chi connectivity index (χ4v) is 2.61. The Morgan fingerprint density at radius 2 is 2.06 bits per heavy atom. The summed E-state index contributed by atoms with van der Waals surface area (Å²) in [5.41, 5.74) is 5.57. The Labute approximate surface area is 110 Å². The number of rotatable bonds is 6. The second-order valence-electron chi connectivity index (χ2n) is 4.85. The first-order valence-corrected chi connectivity index (χ1v) is 6.79. The predicted octanol–water partition coefficient (Wildman–Crippen LogP) is 0.625. The van der Waals surface area contributed by atoms with Gasteiger partial charge in [-0.05, 0) is 20.3 Å². The van der Waals surface area contributed by atoms with Gasteiger partial charge in [0.2, 0.25) is 0 Å². The Morgan fingerprint density at radius 1 is 1.44 bits per heavy atom. The molecular formula is C13H26N2O3. The van der Waals surface area contributed by atoms with E-state index in [0.29, 0.717) is 13.2 Å². The zero-order valence-electron chi connectivity index (χ0n) is 11.8. The van der Waals surface area contributed by atoms with E-state index >= 15 is 0 Å². The highest BCUT2D eigenvalue weighted by Gasteiger charge is 2.42. The van der Waals surface area contributed by atoms with E-state index in [1.165, 1.54) is 0 Å². The smallest absolute Gasteiger partial charge is 0.312 e. The van der Waals surface area contributed by atoms with Gasteiger partial charge in [0.15, 0.2) is 0 Å². The standard InChI is InChI=1S/C13H26N2O3/c1-4-13(3,15-6-8-17-9-7-15)11(10-14)12(16)18-5-2/h11H,4-10,14H2,1-3H3. The van der Waals surface area contributed by atoms with Gasteiger partial charge in [0.25, 0.3) is 0 Å². The molecule has 5 nitrogen and oxygen atoms in total. The Bertz CT molecular complexity index is 267. The van der Waals surface area contributed by atoms with E-state index < -0.39 is 0 Å². The Hall–Kier alpha value is -0.650. The van der Waals surface area contributed by atoms with Gasteiger partial charge >= 0.3 is 5.97 Å². The second-order valence-corrected chi connectivity index (χ2v) is 4.85. The zero-order valence-corrected chi connectivity index (χ0v) is 11.8. The molecule has 0 saturated carbocycles. The third-order valence-corrected chi connectivity index (χ3v) is 4.01. The van der Waals surface area contributed by atoms with Crippen LogP contribution in [0.1, 0.15) is 27.2 Å². The molecule has 0 radical (unpaired) electrons. The maximum Gasteiger partial charge on any atom is 0.312 e. The van der Waals surface area contributed by atoms with Crippen molar-refractivity contribution in [2.24, 2.45) is 11.7 Å². The Balaban J connectivity index is 2.84. The van der Waals surface area contributed by atoms with Crippen molar-refractivity contribution in [1.82, 2.24) is 4.90 Å². The minimum Gasteiger partial charge on any atom is -0.466 e. The normalized spacial score (nSPS) is 22.2. The molecule has 0 aromatic heterocycles. The summed E-state index contributed by atoms with van der Waals surface area (Å²) in [6.07, 6.45) is 0.869. The van der Waals surface area contributed by atoms with E-state index in [0.717, 1.165) is 32.7 Å². The van der Waals surface area contributed by atoms with Crippen molar-refractivity contribution in [3.63, 3.8) is 0 Å². The van der Waals surface area contributed by atoms with Crippen LogP contribution in [0, 0.1) is 5.92 Å². The number of carbonyl (C=O) groups is 1. The van der Waals surface area contributed by atoms with Crippen LogP contribution in [0.4, 0.5) is 0 Å². The molecule has 0 aromatic rings. The summed E-state index contributed by atoms with van der Waals surface area (Å²) in [7, 11) is 0. The molecular weight excluding hydrogens is 232 g/mol. The number of nitrogens with two attached hydrogens (primary N) is 1.